The lowest BCUT2D eigenvalue weighted by Gasteiger charge is -2.54. The number of esters is 3. The quantitative estimate of drug-likeness (QED) is 0.286. The van der Waals surface area contributed by atoms with Crippen molar-refractivity contribution in [3.05, 3.63) is 23.3 Å². The Morgan fingerprint density at radius 2 is 1.57 bits per heavy atom. The number of ether oxygens (including phenoxy) is 3. The third-order valence-electron chi connectivity index (χ3n) is 11.1. The van der Waals surface area contributed by atoms with E-state index in [1.807, 2.05) is 39.8 Å². The van der Waals surface area contributed by atoms with Crippen LogP contribution in [0, 0.1) is 46.8 Å². The molecule has 1 aromatic carbocycles. The van der Waals surface area contributed by atoms with E-state index in [0.717, 1.165) is 35.3 Å². The van der Waals surface area contributed by atoms with E-state index in [4.69, 9.17) is 14.2 Å². The van der Waals surface area contributed by atoms with Gasteiger partial charge in [0.15, 0.2) is 0 Å². The first-order chi connectivity index (χ1) is 19.0. The van der Waals surface area contributed by atoms with Gasteiger partial charge in [-0.2, -0.15) is 0 Å². The van der Waals surface area contributed by atoms with Gasteiger partial charge in [-0.05, 0) is 79.5 Å². The number of benzene rings is 1. The van der Waals surface area contributed by atoms with E-state index in [1.165, 1.54) is 0 Å². The van der Waals surface area contributed by atoms with Crippen molar-refractivity contribution in [2.24, 2.45) is 46.8 Å². The first kappa shape index (κ1) is 26.5. The fourth-order valence-electron chi connectivity index (χ4n) is 9.52. The lowest BCUT2D eigenvalue weighted by molar-refractivity contribution is -0.188. The van der Waals surface area contributed by atoms with Gasteiger partial charge in [0.2, 0.25) is 0 Å². The maximum atomic E-state index is 13.9. The van der Waals surface area contributed by atoms with Crippen molar-refractivity contribution in [1.82, 2.24) is 0 Å². The summed E-state index contributed by atoms with van der Waals surface area (Å²) in [7, 11) is 0. The van der Waals surface area contributed by atoms with E-state index in [9.17, 15) is 19.2 Å². The second-order valence-electron chi connectivity index (χ2n) is 14.1. The minimum absolute atomic E-state index is 0.0378. The molecule has 0 radical (unpaired) electrons. The highest BCUT2D eigenvalue weighted by atomic mass is 32.1. The Labute approximate surface area is 240 Å². The van der Waals surface area contributed by atoms with Gasteiger partial charge in [0.1, 0.15) is 23.7 Å². The largest absolute Gasteiger partial charge is 0.458 e. The summed E-state index contributed by atoms with van der Waals surface area (Å²) >= 11 is 4.58. The van der Waals surface area contributed by atoms with Crippen LogP contribution in [0.1, 0.15) is 89.2 Å². The van der Waals surface area contributed by atoms with Crippen LogP contribution in [0.2, 0.25) is 0 Å². The van der Waals surface area contributed by atoms with Crippen LogP contribution in [0.3, 0.4) is 0 Å². The van der Waals surface area contributed by atoms with Gasteiger partial charge in [-0.15, -0.1) is 12.6 Å². The predicted octanol–water partition coefficient (Wildman–Crippen LogP) is 5.24. The molecule has 7 fully saturated rings. The monoisotopic (exact) mass is 566 g/mol. The molecule has 0 aromatic heterocycles. The summed E-state index contributed by atoms with van der Waals surface area (Å²) < 4.78 is 18.2. The number of carbonyl (C=O) groups is 4. The van der Waals surface area contributed by atoms with Gasteiger partial charge in [0.25, 0.3) is 0 Å². The number of fused-ring (bicyclic) bond motifs is 1. The van der Waals surface area contributed by atoms with E-state index in [0.29, 0.717) is 36.7 Å². The van der Waals surface area contributed by atoms with Crippen LogP contribution in [-0.4, -0.2) is 35.9 Å². The highest BCUT2D eigenvalue weighted by Gasteiger charge is 2.71. The van der Waals surface area contributed by atoms with Crippen molar-refractivity contribution in [3.8, 4) is 5.75 Å². The number of ketones is 1. The summed E-state index contributed by atoms with van der Waals surface area (Å²) in [5.74, 6) is -1.47. The average molecular weight is 567 g/mol. The number of carbonyl (C=O) groups excluding carboxylic acids is 4. The normalized spacial score (nSPS) is 40.3. The molecule has 7 aliphatic rings. The molecule has 0 amide bonds. The topological polar surface area (TPSA) is 96.0 Å². The van der Waals surface area contributed by atoms with Crippen LogP contribution in [0.15, 0.2) is 17.0 Å². The molecule has 6 saturated carbocycles. The molecule has 40 heavy (non-hydrogen) atoms. The third kappa shape index (κ3) is 3.76. The number of thiol groups is 1. The van der Waals surface area contributed by atoms with E-state index in [-0.39, 0.29) is 41.5 Å². The SMILES string of the molecule is CC(C)c1cc(S)cc(C(C)C)c1OC(=O)C1C2CC3C(OC(=O)C31)C2OC(=O)C12CC3CC(C1)C(=O)C(C3)C2. The Hall–Kier alpha value is -2.35. The van der Waals surface area contributed by atoms with E-state index >= 15 is 0 Å². The first-order valence-electron chi connectivity index (χ1n) is 15.0. The third-order valence-corrected chi connectivity index (χ3v) is 11.3. The second kappa shape index (κ2) is 9.07. The van der Waals surface area contributed by atoms with Crippen LogP contribution in [0.25, 0.3) is 0 Å². The lowest BCUT2D eigenvalue weighted by atomic mass is 9.49. The zero-order valence-corrected chi connectivity index (χ0v) is 24.4. The molecular formula is C32H38O7S. The molecule has 6 aliphatic carbocycles. The fourth-order valence-corrected chi connectivity index (χ4v) is 9.79. The van der Waals surface area contributed by atoms with Crippen molar-refractivity contribution in [3.63, 3.8) is 0 Å². The number of hydrogen-bond acceptors (Lipinski definition) is 8. The molecule has 8 rings (SSSR count). The van der Waals surface area contributed by atoms with Crippen molar-refractivity contribution in [2.45, 2.75) is 95.2 Å². The number of rotatable bonds is 6. The summed E-state index contributed by atoms with van der Waals surface area (Å²) in [6.07, 6.45) is 3.10. The Morgan fingerprint density at radius 3 is 2.17 bits per heavy atom. The lowest BCUT2D eigenvalue weighted by Crippen LogP contribution is -2.56. The summed E-state index contributed by atoms with van der Waals surface area (Å²) in [6, 6.07) is 3.87. The Balaban J connectivity index is 1.16. The Bertz CT molecular complexity index is 1270. The van der Waals surface area contributed by atoms with Gasteiger partial charge in [-0.1, -0.05) is 27.7 Å². The zero-order valence-electron chi connectivity index (χ0n) is 23.6. The van der Waals surface area contributed by atoms with Gasteiger partial charge in [-0.3, -0.25) is 19.2 Å². The van der Waals surface area contributed by atoms with Crippen molar-refractivity contribution in [1.29, 1.82) is 0 Å². The Morgan fingerprint density at radius 1 is 0.950 bits per heavy atom. The summed E-state index contributed by atoms with van der Waals surface area (Å²) in [5.41, 5.74) is 1.18. The van der Waals surface area contributed by atoms with E-state index in [2.05, 4.69) is 12.6 Å². The first-order valence-corrected chi connectivity index (χ1v) is 15.5. The van der Waals surface area contributed by atoms with Crippen LogP contribution in [0.4, 0.5) is 0 Å². The Kier molecular flexibility index (Phi) is 6.02. The molecule has 1 aliphatic heterocycles. The molecule has 8 heteroatoms. The molecule has 8 unspecified atom stereocenters. The summed E-state index contributed by atoms with van der Waals surface area (Å²) in [5, 5.41) is 0. The van der Waals surface area contributed by atoms with Crippen LogP contribution in [-0.2, 0) is 28.7 Å². The summed E-state index contributed by atoms with van der Waals surface area (Å²) in [4.78, 5) is 54.3. The van der Waals surface area contributed by atoms with Crippen molar-refractivity contribution >= 4 is 36.3 Å². The number of Topliss-reactive ketones (excluding diaryl/α,β-unsaturated/α-hetero) is 1. The van der Waals surface area contributed by atoms with E-state index < -0.39 is 41.4 Å². The summed E-state index contributed by atoms with van der Waals surface area (Å²) in [6.45, 7) is 8.20. The fraction of sp³-hybridized carbons (Fsp3) is 0.688. The smallest absolute Gasteiger partial charge is 0.315 e. The predicted molar refractivity (Wildman–Crippen MR) is 147 cm³/mol. The van der Waals surface area contributed by atoms with Gasteiger partial charge < -0.3 is 14.2 Å². The molecule has 8 atom stereocenters. The van der Waals surface area contributed by atoms with Crippen LogP contribution >= 0.6 is 12.6 Å². The van der Waals surface area contributed by atoms with Crippen molar-refractivity contribution < 1.29 is 33.4 Å². The van der Waals surface area contributed by atoms with Crippen LogP contribution in [0.5, 0.6) is 5.75 Å². The molecule has 1 saturated heterocycles. The standard InChI is InChI=1S/C32H38O7S/c1-13(2)19-7-18(40)8-20(14(3)4)26(19)37-29(34)24-22-9-21-23(24)30(35)38-27(21)28(22)39-31(36)32-10-15-5-16(11-32)25(33)17(6-15)12-32/h7-8,13-17,21-24,27-28,40H,5-6,9-12H2,1-4H3. The maximum absolute atomic E-state index is 13.9. The molecule has 0 spiro atoms. The molecule has 6 bridgehead atoms. The number of hydrogen-bond donors (Lipinski definition) is 1. The molecule has 214 valence electrons. The van der Waals surface area contributed by atoms with Crippen LogP contribution < -0.4 is 4.74 Å². The van der Waals surface area contributed by atoms with Crippen molar-refractivity contribution in [2.75, 3.05) is 0 Å². The second-order valence-corrected chi connectivity index (χ2v) is 14.6. The van der Waals surface area contributed by atoms with Gasteiger partial charge in [0, 0.05) is 28.6 Å². The minimum atomic E-state index is -0.720. The van der Waals surface area contributed by atoms with Gasteiger partial charge in [-0.25, -0.2) is 0 Å². The molecule has 1 aromatic rings. The molecule has 0 N–H and O–H groups in total. The molecular weight excluding hydrogens is 528 g/mol. The maximum Gasteiger partial charge on any atom is 0.315 e. The highest BCUT2D eigenvalue weighted by Crippen LogP contribution is 2.62. The average Bonchev–Trinajstić information content (AvgIpc) is 3.51. The van der Waals surface area contributed by atoms with E-state index in [1.54, 1.807) is 0 Å². The van der Waals surface area contributed by atoms with Gasteiger partial charge >= 0.3 is 17.9 Å². The zero-order chi connectivity index (χ0) is 28.2. The highest BCUT2D eigenvalue weighted by molar-refractivity contribution is 7.80. The molecule has 7 nitrogen and oxygen atoms in total. The van der Waals surface area contributed by atoms with Gasteiger partial charge in [0.05, 0.1) is 17.3 Å². The molecule has 1 heterocycles. The minimum Gasteiger partial charge on any atom is -0.458 e.